The molecule has 0 aliphatic carbocycles. The smallest absolute Gasteiger partial charge is 0.311 e. The Morgan fingerprint density at radius 3 is 2.78 bits per heavy atom. The van der Waals surface area contributed by atoms with E-state index < -0.39 is 0 Å². The zero-order chi connectivity index (χ0) is 13.4. The zero-order valence-corrected chi connectivity index (χ0v) is 11.1. The second kappa shape index (κ2) is 7.60. The van der Waals surface area contributed by atoms with Crippen molar-refractivity contribution in [1.29, 1.82) is 0 Å². The Kier molecular flexibility index (Phi) is 6.07. The van der Waals surface area contributed by atoms with Crippen molar-refractivity contribution in [1.82, 2.24) is 10.2 Å². The molecule has 1 rings (SSSR count). The van der Waals surface area contributed by atoms with Crippen LogP contribution in [0.1, 0.15) is 26.7 Å². The standard InChI is InChI=1S/C11H15ClN4O2/c1-3-8(7-11(17)18-4-2)13-15-10-6-5-9(12)14-16-10/h5-6H,3-4,7H2,1-2H3,(H,15,16)/b13-8-. The van der Waals surface area contributed by atoms with Gasteiger partial charge in [0.25, 0.3) is 0 Å². The Morgan fingerprint density at radius 2 is 2.22 bits per heavy atom. The number of hydrogen-bond donors (Lipinski definition) is 1. The lowest BCUT2D eigenvalue weighted by molar-refractivity contribution is -0.141. The largest absolute Gasteiger partial charge is 0.466 e. The van der Waals surface area contributed by atoms with Crippen LogP contribution in [0, 0.1) is 0 Å². The maximum absolute atomic E-state index is 11.3. The van der Waals surface area contributed by atoms with E-state index in [4.69, 9.17) is 16.3 Å². The van der Waals surface area contributed by atoms with Crippen molar-refractivity contribution in [3.8, 4) is 0 Å². The minimum absolute atomic E-state index is 0.165. The molecule has 1 aromatic heterocycles. The quantitative estimate of drug-likeness (QED) is 0.487. The van der Waals surface area contributed by atoms with Crippen molar-refractivity contribution in [2.45, 2.75) is 26.7 Å². The van der Waals surface area contributed by atoms with Crippen molar-refractivity contribution < 1.29 is 9.53 Å². The third-order valence-electron chi connectivity index (χ3n) is 2.02. The number of carbonyl (C=O) groups excluding carboxylic acids is 1. The summed E-state index contributed by atoms with van der Waals surface area (Å²) in [5.41, 5.74) is 3.40. The van der Waals surface area contributed by atoms with Crippen LogP contribution in [0.3, 0.4) is 0 Å². The summed E-state index contributed by atoms with van der Waals surface area (Å²) < 4.78 is 4.85. The summed E-state index contributed by atoms with van der Waals surface area (Å²) in [6.45, 7) is 4.04. The molecule has 0 radical (unpaired) electrons. The lowest BCUT2D eigenvalue weighted by Crippen LogP contribution is -2.12. The number of nitrogens with zero attached hydrogens (tertiary/aromatic N) is 3. The number of rotatable bonds is 6. The minimum atomic E-state index is -0.290. The number of nitrogens with one attached hydrogen (secondary N) is 1. The van der Waals surface area contributed by atoms with Crippen LogP contribution in [0.25, 0.3) is 0 Å². The van der Waals surface area contributed by atoms with Crippen LogP contribution in [0.4, 0.5) is 5.82 Å². The van der Waals surface area contributed by atoms with E-state index >= 15 is 0 Å². The third kappa shape index (κ3) is 5.09. The van der Waals surface area contributed by atoms with Gasteiger partial charge in [0.05, 0.1) is 13.0 Å². The van der Waals surface area contributed by atoms with Gasteiger partial charge >= 0.3 is 5.97 Å². The van der Waals surface area contributed by atoms with Gasteiger partial charge in [0.15, 0.2) is 11.0 Å². The topological polar surface area (TPSA) is 76.5 Å². The van der Waals surface area contributed by atoms with Crippen molar-refractivity contribution in [3.63, 3.8) is 0 Å². The number of halogens is 1. The molecule has 0 unspecified atom stereocenters. The average Bonchev–Trinajstić information content (AvgIpc) is 2.36. The normalized spacial score (nSPS) is 11.2. The molecule has 0 aliphatic rings. The highest BCUT2D eigenvalue weighted by Crippen LogP contribution is 2.06. The van der Waals surface area contributed by atoms with Crippen molar-refractivity contribution in [2.24, 2.45) is 5.10 Å². The molecule has 1 aromatic rings. The fraction of sp³-hybridized carbons (Fsp3) is 0.455. The Labute approximate surface area is 110 Å². The van der Waals surface area contributed by atoms with Gasteiger partial charge in [-0.3, -0.25) is 10.2 Å². The second-order valence-electron chi connectivity index (χ2n) is 3.37. The fourth-order valence-electron chi connectivity index (χ4n) is 1.13. The highest BCUT2D eigenvalue weighted by Gasteiger charge is 2.06. The van der Waals surface area contributed by atoms with Crippen molar-refractivity contribution >= 4 is 29.1 Å². The number of ether oxygens (including phenoxy) is 1. The van der Waals surface area contributed by atoms with E-state index in [9.17, 15) is 4.79 Å². The average molecular weight is 271 g/mol. The van der Waals surface area contributed by atoms with Gasteiger partial charge in [-0.1, -0.05) is 18.5 Å². The lowest BCUT2D eigenvalue weighted by Gasteiger charge is -2.04. The summed E-state index contributed by atoms with van der Waals surface area (Å²) in [5.74, 6) is 0.177. The lowest BCUT2D eigenvalue weighted by atomic mass is 10.2. The van der Waals surface area contributed by atoms with E-state index in [0.717, 1.165) is 0 Å². The summed E-state index contributed by atoms with van der Waals surface area (Å²) in [4.78, 5) is 11.3. The van der Waals surface area contributed by atoms with Gasteiger partial charge in [-0.15, -0.1) is 10.2 Å². The first-order valence-corrected chi connectivity index (χ1v) is 5.99. The van der Waals surface area contributed by atoms with Crippen LogP contribution in [-0.4, -0.2) is 28.5 Å². The first-order valence-electron chi connectivity index (χ1n) is 5.62. The summed E-state index contributed by atoms with van der Waals surface area (Å²) in [7, 11) is 0. The number of esters is 1. The number of aromatic nitrogens is 2. The molecular weight excluding hydrogens is 256 g/mol. The molecule has 0 bridgehead atoms. The van der Waals surface area contributed by atoms with Crippen molar-refractivity contribution in [2.75, 3.05) is 12.0 Å². The van der Waals surface area contributed by atoms with E-state index in [2.05, 4.69) is 20.7 Å². The summed E-state index contributed by atoms with van der Waals surface area (Å²) in [6.07, 6.45) is 0.811. The molecule has 0 aliphatic heterocycles. The SMILES string of the molecule is CCOC(=O)C/C(CC)=N\Nc1ccc(Cl)nn1. The van der Waals surface area contributed by atoms with Crippen LogP contribution in [0.5, 0.6) is 0 Å². The van der Waals surface area contributed by atoms with E-state index in [1.807, 2.05) is 6.92 Å². The Morgan fingerprint density at radius 1 is 1.44 bits per heavy atom. The first kappa shape index (κ1) is 14.4. The Balaban J connectivity index is 2.56. The number of hydrogen-bond acceptors (Lipinski definition) is 6. The summed E-state index contributed by atoms with van der Waals surface area (Å²) in [6, 6.07) is 3.25. The van der Waals surface area contributed by atoms with Gasteiger partial charge < -0.3 is 4.74 Å². The molecule has 0 amide bonds. The third-order valence-corrected chi connectivity index (χ3v) is 2.22. The van der Waals surface area contributed by atoms with Gasteiger partial charge in [-0.25, -0.2) is 0 Å². The van der Waals surface area contributed by atoms with Crippen LogP contribution in [0.15, 0.2) is 17.2 Å². The first-order chi connectivity index (χ1) is 8.65. The Hall–Kier alpha value is -1.69. The number of hydrazone groups is 1. The molecule has 0 saturated heterocycles. The van der Waals surface area contributed by atoms with Gasteiger partial charge in [0, 0.05) is 5.71 Å². The number of anilines is 1. The van der Waals surface area contributed by atoms with Gasteiger partial charge in [-0.05, 0) is 25.5 Å². The highest BCUT2D eigenvalue weighted by atomic mass is 35.5. The molecule has 7 heteroatoms. The molecule has 6 nitrogen and oxygen atoms in total. The highest BCUT2D eigenvalue weighted by molar-refractivity contribution is 6.29. The summed E-state index contributed by atoms with van der Waals surface area (Å²) in [5, 5.41) is 11.8. The molecule has 1 N–H and O–H groups in total. The molecule has 0 spiro atoms. The molecule has 0 saturated carbocycles. The van der Waals surface area contributed by atoms with E-state index in [0.29, 0.717) is 29.7 Å². The van der Waals surface area contributed by atoms with Gasteiger partial charge in [0.1, 0.15) is 0 Å². The maximum atomic E-state index is 11.3. The van der Waals surface area contributed by atoms with E-state index in [-0.39, 0.29) is 12.4 Å². The minimum Gasteiger partial charge on any atom is -0.466 e. The van der Waals surface area contributed by atoms with Crippen molar-refractivity contribution in [3.05, 3.63) is 17.3 Å². The Bertz CT molecular complexity index is 420. The molecule has 0 aromatic carbocycles. The molecule has 1 heterocycles. The fourth-order valence-corrected chi connectivity index (χ4v) is 1.23. The molecule has 0 fully saturated rings. The number of carbonyl (C=O) groups is 1. The second-order valence-corrected chi connectivity index (χ2v) is 3.75. The van der Waals surface area contributed by atoms with Crippen LogP contribution in [0.2, 0.25) is 5.15 Å². The molecular formula is C11H15ClN4O2. The maximum Gasteiger partial charge on any atom is 0.311 e. The van der Waals surface area contributed by atoms with Crippen LogP contribution >= 0.6 is 11.6 Å². The summed E-state index contributed by atoms with van der Waals surface area (Å²) >= 11 is 5.61. The van der Waals surface area contributed by atoms with Gasteiger partial charge in [-0.2, -0.15) is 5.10 Å². The zero-order valence-electron chi connectivity index (χ0n) is 10.3. The predicted molar refractivity (Wildman–Crippen MR) is 69.6 cm³/mol. The van der Waals surface area contributed by atoms with E-state index in [1.165, 1.54) is 0 Å². The molecule has 98 valence electrons. The monoisotopic (exact) mass is 270 g/mol. The van der Waals surface area contributed by atoms with Gasteiger partial charge in [0.2, 0.25) is 0 Å². The molecule has 0 atom stereocenters. The predicted octanol–water partition coefficient (Wildman–Crippen LogP) is 2.26. The molecule has 18 heavy (non-hydrogen) atoms. The van der Waals surface area contributed by atoms with Crippen LogP contribution < -0.4 is 5.43 Å². The van der Waals surface area contributed by atoms with Crippen LogP contribution in [-0.2, 0) is 9.53 Å². The van der Waals surface area contributed by atoms with E-state index in [1.54, 1.807) is 19.1 Å².